The molecule has 0 spiro atoms. The minimum Gasteiger partial charge on any atom is -0.457 e. The third-order valence-corrected chi connectivity index (χ3v) is 3.43. The normalized spacial score (nSPS) is 15.0. The number of nitro benzene ring substituents is 1. The number of benzene rings is 1. The third kappa shape index (κ3) is 3.40. The SMILES string of the molecule is O=C(COC(=O)C1CCCC1)c1ccc([N+](=O)[O-])cc1. The first-order valence-corrected chi connectivity index (χ1v) is 6.52. The topological polar surface area (TPSA) is 86.5 Å². The summed E-state index contributed by atoms with van der Waals surface area (Å²) in [6.45, 7) is -0.312. The number of ether oxygens (including phenoxy) is 1. The summed E-state index contributed by atoms with van der Waals surface area (Å²) in [6, 6.07) is 5.24. The second-order valence-electron chi connectivity index (χ2n) is 4.82. The van der Waals surface area contributed by atoms with Crippen molar-refractivity contribution in [3.8, 4) is 0 Å². The van der Waals surface area contributed by atoms with Gasteiger partial charge in [-0.05, 0) is 25.0 Å². The maximum Gasteiger partial charge on any atom is 0.309 e. The highest BCUT2D eigenvalue weighted by atomic mass is 16.6. The molecule has 1 aliphatic rings. The van der Waals surface area contributed by atoms with Gasteiger partial charge in [0.1, 0.15) is 0 Å². The average Bonchev–Trinajstić information content (AvgIpc) is 2.98. The van der Waals surface area contributed by atoms with Crippen molar-refractivity contribution in [2.24, 2.45) is 5.92 Å². The summed E-state index contributed by atoms with van der Waals surface area (Å²) in [5, 5.41) is 10.5. The molecule has 1 fully saturated rings. The molecular weight excluding hydrogens is 262 g/mol. The van der Waals surface area contributed by atoms with Crippen molar-refractivity contribution < 1.29 is 19.2 Å². The van der Waals surface area contributed by atoms with Crippen LogP contribution in [0.2, 0.25) is 0 Å². The van der Waals surface area contributed by atoms with Crippen LogP contribution < -0.4 is 0 Å². The van der Waals surface area contributed by atoms with Crippen LogP contribution in [0.4, 0.5) is 5.69 Å². The van der Waals surface area contributed by atoms with Gasteiger partial charge in [0.25, 0.3) is 5.69 Å². The fourth-order valence-electron chi connectivity index (χ4n) is 2.27. The van der Waals surface area contributed by atoms with Crippen LogP contribution >= 0.6 is 0 Å². The summed E-state index contributed by atoms with van der Waals surface area (Å²) in [5.41, 5.74) is 0.222. The summed E-state index contributed by atoms with van der Waals surface area (Å²) in [6.07, 6.45) is 3.70. The van der Waals surface area contributed by atoms with Crippen LogP contribution in [0.3, 0.4) is 0 Å². The highest BCUT2D eigenvalue weighted by molar-refractivity contribution is 5.98. The highest BCUT2D eigenvalue weighted by Crippen LogP contribution is 2.25. The molecule has 0 unspecified atom stereocenters. The van der Waals surface area contributed by atoms with Crippen LogP contribution in [0, 0.1) is 16.0 Å². The van der Waals surface area contributed by atoms with Crippen molar-refractivity contribution in [3.05, 3.63) is 39.9 Å². The van der Waals surface area contributed by atoms with Gasteiger partial charge >= 0.3 is 5.97 Å². The van der Waals surface area contributed by atoms with Crippen molar-refractivity contribution in [1.82, 2.24) is 0 Å². The van der Waals surface area contributed by atoms with Gasteiger partial charge in [0.15, 0.2) is 12.4 Å². The lowest BCUT2D eigenvalue weighted by Crippen LogP contribution is -2.19. The smallest absolute Gasteiger partial charge is 0.309 e. The monoisotopic (exact) mass is 277 g/mol. The molecular formula is C14H15NO5. The molecule has 0 radical (unpaired) electrons. The molecule has 0 aliphatic heterocycles. The maximum absolute atomic E-state index is 11.8. The van der Waals surface area contributed by atoms with Gasteiger partial charge in [-0.1, -0.05) is 12.8 Å². The standard InChI is InChI=1S/C14H15NO5/c16-13(9-20-14(17)11-3-1-2-4-11)10-5-7-12(8-6-10)15(18)19/h5-8,11H,1-4,9H2. The Morgan fingerprint density at radius 3 is 2.35 bits per heavy atom. The molecule has 1 saturated carbocycles. The van der Waals surface area contributed by atoms with E-state index in [1.54, 1.807) is 0 Å². The van der Waals surface area contributed by atoms with Crippen LogP contribution in [-0.4, -0.2) is 23.3 Å². The molecule has 0 atom stereocenters. The first kappa shape index (κ1) is 14.2. The van der Waals surface area contributed by atoms with E-state index in [1.807, 2.05) is 0 Å². The molecule has 20 heavy (non-hydrogen) atoms. The summed E-state index contributed by atoms with van der Waals surface area (Å²) < 4.78 is 5.00. The van der Waals surface area contributed by atoms with Gasteiger partial charge in [-0.15, -0.1) is 0 Å². The Balaban J connectivity index is 1.88. The molecule has 0 bridgehead atoms. The Hall–Kier alpha value is -2.24. The summed E-state index contributed by atoms with van der Waals surface area (Å²) in [4.78, 5) is 33.4. The van der Waals surface area contributed by atoms with Crippen LogP contribution in [-0.2, 0) is 9.53 Å². The van der Waals surface area contributed by atoms with Crippen molar-refractivity contribution in [2.45, 2.75) is 25.7 Å². The Bertz CT molecular complexity index is 517. The van der Waals surface area contributed by atoms with E-state index in [-0.39, 0.29) is 30.0 Å². The predicted molar refractivity (Wildman–Crippen MR) is 70.3 cm³/mol. The van der Waals surface area contributed by atoms with Gasteiger partial charge in [-0.3, -0.25) is 19.7 Å². The maximum atomic E-state index is 11.8. The molecule has 6 nitrogen and oxygen atoms in total. The number of nitro groups is 1. The van der Waals surface area contributed by atoms with E-state index in [0.717, 1.165) is 25.7 Å². The largest absolute Gasteiger partial charge is 0.457 e. The second-order valence-corrected chi connectivity index (χ2v) is 4.82. The molecule has 0 heterocycles. The number of esters is 1. The second kappa shape index (κ2) is 6.27. The number of carbonyl (C=O) groups is 2. The lowest BCUT2D eigenvalue weighted by Gasteiger charge is -2.08. The van der Waals surface area contributed by atoms with E-state index in [0.29, 0.717) is 5.56 Å². The van der Waals surface area contributed by atoms with Gasteiger partial charge < -0.3 is 4.74 Å². The number of Topliss-reactive ketones (excluding diaryl/α,β-unsaturated/α-hetero) is 1. The van der Waals surface area contributed by atoms with E-state index in [9.17, 15) is 19.7 Å². The van der Waals surface area contributed by atoms with Gasteiger partial charge in [0, 0.05) is 17.7 Å². The first-order chi connectivity index (χ1) is 9.58. The zero-order valence-electron chi connectivity index (χ0n) is 10.9. The number of carbonyl (C=O) groups excluding carboxylic acids is 2. The van der Waals surface area contributed by atoms with E-state index in [4.69, 9.17) is 4.74 Å². The van der Waals surface area contributed by atoms with Crippen molar-refractivity contribution >= 4 is 17.4 Å². The van der Waals surface area contributed by atoms with Crippen molar-refractivity contribution in [2.75, 3.05) is 6.61 Å². The summed E-state index contributed by atoms with van der Waals surface area (Å²) in [5.74, 6) is -0.760. The minimum atomic E-state index is -0.533. The van der Waals surface area contributed by atoms with Crippen LogP contribution in [0.1, 0.15) is 36.0 Å². The molecule has 106 valence electrons. The lowest BCUT2D eigenvalue weighted by atomic mass is 10.1. The molecule has 0 amide bonds. The first-order valence-electron chi connectivity index (χ1n) is 6.52. The van der Waals surface area contributed by atoms with E-state index in [2.05, 4.69) is 0 Å². The number of rotatable bonds is 5. The molecule has 1 aromatic rings. The Morgan fingerprint density at radius 1 is 1.20 bits per heavy atom. The summed E-state index contributed by atoms with van der Waals surface area (Å²) >= 11 is 0. The Morgan fingerprint density at radius 2 is 1.80 bits per heavy atom. The molecule has 0 aromatic heterocycles. The molecule has 0 N–H and O–H groups in total. The quantitative estimate of drug-likeness (QED) is 0.357. The van der Waals surface area contributed by atoms with Crippen LogP contribution in [0.25, 0.3) is 0 Å². The van der Waals surface area contributed by atoms with Crippen molar-refractivity contribution in [3.63, 3.8) is 0 Å². The average molecular weight is 277 g/mol. The number of ketones is 1. The number of non-ortho nitro benzene ring substituents is 1. The highest BCUT2D eigenvalue weighted by Gasteiger charge is 2.24. The number of hydrogen-bond donors (Lipinski definition) is 0. The molecule has 6 heteroatoms. The Labute approximate surface area is 115 Å². The van der Waals surface area contributed by atoms with E-state index >= 15 is 0 Å². The fourth-order valence-corrected chi connectivity index (χ4v) is 2.27. The third-order valence-electron chi connectivity index (χ3n) is 3.43. The summed E-state index contributed by atoms with van der Waals surface area (Å²) in [7, 11) is 0. The predicted octanol–water partition coefficient (Wildman–Crippen LogP) is 2.51. The molecule has 1 aromatic carbocycles. The lowest BCUT2D eigenvalue weighted by molar-refractivity contribution is -0.384. The molecule has 0 saturated heterocycles. The fraction of sp³-hybridized carbons (Fsp3) is 0.429. The Kier molecular flexibility index (Phi) is 4.45. The molecule has 1 aliphatic carbocycles. The van der Waals surface area contributed by atoms with Gasteiger partial charge in [0.05, 0.1) is 10.8 Å². The van der Waals surface area contributed by atoms with Gasteiger partial charge in [-0.25, -0.2) is 0 Å². The zero-order chi connectivity index (χ0) is 14.5. The van der Waals surface area contributed by atoms with Crippen LogP contribution in [0.5, 0.6) is 0 Å². The van der Waals surface area contributed by atoms with E-state index in [1.165, 1.54) is 24.3 Å². The van der Waals surface area contributed by atoms with E-state index < -0.39 is 4.92 Å². The molecule has 2 rings (SSSR count). The van der Waals surface area contributed by atoms with Crippen molar-refractivity contribution in [1.29, 1.82) is 0 Å². The minimum absolute atomic E-state index is 0.0792. The van der Waals surface area contributed by atoms with Crippen LogP contribution in [0.15, 0.2) is 24.3 Å². The van der Waals surface area contributed by atoms with Gasteiger partial charge in [0.2, 0.25) is 0 Å². The number of nitrogens with zero attached hydrogens (tertiary/aromatic N) is 1. The number of hydrogen-bond acceptors (Lipinski definition) is 5. The van der Waals surface area contributed by atoms with Gasteiger partial charge in [-0.2, -0.15) is 0 Å². The zero-order valence-corrected chi connectivity index (χ0v) is 10.9.